The molecule has 0 aliphatic carbocycles. The summed E-state index contributed by atoms with van der Waals surface area (Å²) in [5.41, 5.74) is 0.490. The van der Waals surface area contributed by atoms with Crippen LogP contribution in [0.2, 0.25) is 0 Å². The monoisotopic (exact) mass is 431 g/mol. The average Bonchev–Trinajstić information content (AvgIpc) is 3.26. The van der Waals surface area contributed by atoms with E-state index in [1.165, 1.54) is 24.3 Å². The van der Waals surface area contributed by atoms with Gasteiger partial charge < -0.3 is 19.1 Å². The number of aromatic nitrogens is 2. The summed E-state index contributed by atoms with van der Waals surface area (Å²) < 4.78 is 23.6. The average molecular weight is 431 g/mol. The molecule has 4 rings (SSSR count). The highest BCUT2D eigenvalue weighted by Gasteiger charge is 2.23. The first-order chi connectivity index (χ1) is 15.1. The van der Waals surface area contributed by atoms with Crippen LogP contribution in [0.25, 0.3) is 0 Å². The third-order valence-electron chi connectivity index (χ3n) is 5.54. The number of carbonyl (C=O) groups excluding carboxylic acids is 2. The van der Waals surface area contributed by atoms with E-state index in [2.05, 4.69) is 15.0 Å². The van der Waals surface area contributed by atoms with Gasteiger partial charge in [0.05, 0.1) is 19.8 Å². The minimum atomic E-state index is -0.355. The predicted molar refractivity (Wildman–Crippen MR) is 108 cm³/mol. The molecule has 2 amide bonds. The van der Waals surface area contributed by atoms with Crippen LogP contribution in [0.5, 0.6) is 0 Å². The van der Waals surface area contributed by atoms with Gasteiger partial charge in [-0.1, -0.05) is 5.16 Å². The third kappa shape index (κ3) is 5.65. The Morgan fingerprint density at radius 2 is 1.68 bits per heavy atom. The second-order valence-electron chi connectivity index (χ2n) is 7.67. The van der Waals surface area contributed by atoms with E-state index >= 15 is 0 Å². The maximum atomic E-state index is 13.1. The molecule has 166 valence electrons. The van der Waals surface area contributed by atoms with Crippen molar-refractivity contribution in [2.75, 3.05) is 52.5 Å². The fraction of sp³-hybridized carbons (Fsp3) is 0.524. The largest absolute Gasteiger partial charge is 0.378 e. The van der Waals surface area contributed by atoms with Crippen LogP contribution >= 0.6 is 0 Å². The number of piperazine rings is 1. The number of benzene rings is 1. The number of morpholine rings is 1. The van der Waals surface area contributed by atoms with Gasteiger partial charge in [0.25, 0.3) is 5.91 Å². The molecule has 31 heavy (non-hydrogen) atoms. The van der Waals surface area contributed by atoms with Crippen molar-refractivity contribution in [3.63, 3.8) is 0 Å². The lowest BCUT2D eigenvalue weighted by atomic mass is 10.2. The summed E-state index contributed by atoms with van der Waals surface area (Å²) in [6.45, 7) is 5.48. The van der Waals surface area contributed by atoms with Crippen molar-refractivity contribution in [3.8, 4) is 0 Å². The molecule has 1 aromatic carbocycles. The molecule has 2 aliphatic rings. The number of halogens is 1. The summed E-state index contributed by atoms with van der Waals surface area (Å²) in [6.07, 6.45) is 0.759. The first-order valence-electron chi connectivity index (χ1n) is 10.5. The number of rotatable bonds is 6. The molecule has 3 heterocycles. The lowest BCUT2D eigenvalue weighted by Gasteiger charge is -2.34. The van der Waals surface area contributed by atoms with Gasteiger partial charge in [-0.2, -0.15) is 4.98 Å². The highest BCUT2D eigenvalue weighted by atomic mass is 19.1. The van der Waals surface area contributed by atoms with Crippen LogP contribution in [-0.2, 0) is 22.5 Å². The molecular weight excluding hydrogens is 405 g/mol. The maximum Gasteiger partial charge on any atom is 0.253 e. The zero-order valence-corrected chi connectivity index (χ0v) is 17.3. The molecule has 9 nitrogen and oxygen atoms in total. The van der Waals surface area contributed by atoms with Crippen molar-refractivity contribution in [1.29, 1.82) is 0 Å². The van der Waals surface area contributed by atoms with Crippen molar-refractivity contribution in [3.05, 3.63) is 47.4 Å². The molecule has 2 aromatic rings. The van der Waals surface area contributed by atoms with E-state index < -0.39 is 0 Å². The summed E-state index contributed by atoms with van der Waals surface area (Å²) >= 11 is 0. The lowest BCUT2D eigenvalue weighted by Crippen LogP contribution is -2.48. The molecule has 2 aliphatic heterocycles. The van der Waals surface area contributed by atoms with Gasteiger partial charge in [0.2, 0.25) is 11.8 Å². The Morgan fingerprint density at radius 1 is 0.968 bits per heavy atom. The van der Waals surface area contributed by atoms with E-state index in [1.54, 1.807) is 9.80 Å². The van der Waals surface area contributed by atoms with Crippen LogP contribution in [0.3, 0.4) is 0 Å². The van der Waals surface area contributed by atoms with Crippen molar-refractivity contribution in [2.24, 2.45) is 0 Å². The van der Waals surface area contributed by atoms with E-state index in [0.717, 1.165) is 0 Å². The van der Waals surface area contributed by atoms with Crippen molar-refractivity contribution in [2.45, 2.75) is 19.4 Å². The van der Waals surface area contributed by atoms with Crippen LogP contribution in [-0.4, -0.2) is 89.1 Å². The highest BCUT2D eigenvalue weighted by molar-refractivity contribution is 5.94. The Labute approximate surface area is 179 Å². The smallest absolute Gasteiger partial charge is 0.253 e. The quantitative estimate of drug-likeness (QED) is 0.673. The molecule has 0 unspecified atom stereocenters. The summed E-state index contributed by atoms with van der Waals surface area (Å²) in [6, 6.07) is 5.61. The summed E-state index contributed by atoms with van der Waals surface area (Å²) in [5.74, 6) is 0.664. The van der Waals surface area contributed by atoms with Gasteiger partial charge in [-0.05, 0) is 24.3 Å². The minimum Gasteiger partial charge on any atom is -0.378 e. The van der Waals surface area contributed by atoms with Gasteiger partial charge >= 0.3 is 0 Å². The number of ether oxygens (including phenoxy) is 1. The van der Waals surface area contributed by atoms with Crippen molar-refractivity contribution < 1.29 is 23.2 Å². The van der Waals surface area contributed by atoms with Crippen LogP contribution in [0.4, 0.5) is 4.39 Å². The van der Waals surface area contributed by atoms with Gasteiger partial charge in [-0.3, -0.25) is 14.5 Å². The summed E-state index contributed by atoms with van der Waals surface area (Å²) in [5, 5.41) is 4.02. The molecule has 0 saturated carbocycles. The van der Waals surface area contributed by atoms with Gasteiger partial charge in [-0.15, -0.1) is 0 Å². The fourth-order valence-electron chi connectivity index (χ4n) is 3.72. The van der Waals surface area contributed by atoms with E-state index in [0.29, 0.717) is 89.1 Å². The second kappa shape index (κ2) is 9.97. The number of aryl methyl sites for hydroxylation is 1. The fourth-order valence-corrected chi connectivity index (χ4v) is 3.72. The first-order valence-corrected chi connectivity index (χ1v) is 10.5. The predicted octanol–water partition coefficient (Wildman–Crippen LogP) is 0.958. The van der Waals surface area contributed by atoms with Gasteiger partial charge in [0.1, 0.15) is 5.82 Å². The van der Waals surface area contributed by atoms with E-state index in [9.17, 15) is 14.0 Å². The Hall–Kier alpha value is -2.85. The number of amides is 2. The number of nitrogens with zero attached hydrogens (tertiary/aromatic N) is 5. The zero-order valence-electron chi connectivity index (χ0n) is 17.3. The molecule has 0 bridgehead atoms. The number of carbonyl (C=O) groups is 2. The van der Waals surface area contributed by atoms with Crippen LogP contribution < -0.4 is 0 Å². The molecule has 2 saturated heterocycles. The van der Waals surface area contributed by atoms with Crippen LogP contribution in [0, 0.1) is 5.82 Å². The van der Waals surface area contributed by atoms with Crippen molar-refractivity contribution >= 4 is 11.8 Å². The van der Waals surface area contributed by atoms with Crippen LogP contribution in [0.15, 0.2) is 28.8 Å². The molecule has 1 aromatic heterocycles. The standard InChI is InChI=1S/C21H26FN5O4/c22-17-3-1-16(2-4-17)21(29)27-9-7-25(8-10-27)15-18-23-19(31-24-18)5-6-20(28)26-11-13-30-14-12-26/h1-4H,5-15H2. The Balaban J connectivity index is 1.21. The van der Waals surface area contributed by atoms with E-state index in [1.807, 2.05) is 0 Å². The summed E-state index contributed by atoms with van der Waals surface area (Å²) in [7, 11) is 0. The number of hydrogen-bond donors (Lipinski definition) is 0. The molecule has 10 heteroatoms. The molecule has 2 fully saturated rings. The Bertz CT molecular complexity index is 889. The molecule has 0 atom stereocenters. The van der Waals surface area contributed by atoms with Crippen molar-refractivity contribution in [1.82, 2.24) is 24.8 Å². The molecule has 0 radical (unpaired) electrons. The molecule has 0 N–H and O–H groups in total. The maximum absolute atomic E-state index is 13.1. The minimum absolute atomic E-state index is 0.0741. The Kier molecular flexibility index (Phi) is 6.88. The zero-order chi connectivity index (χ0) is 21.6. The SMILES string of the molecule is O=C(CCc1nc(CN2CCN(C(=O)c3ccc(F)cc3)CC2)no1)N1CCOCC1. The Morgan fingerprint density at radius 3 is 2.39 bits per heavy atom. The highest BCUT2D eigenvalue weighted by Crippen LogP contribution is 2.12. The third-order valence-corrected chi connectivity index (χ3v) is 5.54. The molecular formula is C21H26FN5O4. The normalized spacial score (nSPS) is 17.7. The first kappa shape index (κ1) is 21.4. The lowest BCUT2D eigenvalue weighted by molar-refractivity contribution is -0.135. The van der Waals surface area contributed by atoms with E-state index in [4.69, 9.17) is 9.26 Å². The second-order valence-corrected chi connectivity index (χ2v) is 7.67. The van der Waals surface area contributed by atoms with Gasteiger partial charge in [0, 0.05) is 57.7 Å². The van der Waals surface area contributed by atoms with E-state index in [-0.39, 0.29) is 17.6 Å². The van der Waals surface area contributed by atoms with Gasteiger partial charge in [-0.25, -0.2) is 4.39 Å². The van der Waals surface area contributed by atoms with Gasteiger partial charge in [0.15, 0.2) is 5.82 Å². The van der Waals surface area contributed by atoms with Crippen LogP contribution in [0.1, 0.15) is 28.5 Å². The molecule has 0 spiro atoms. The topological polar surface area (TPSA) is 92.0 Å². The number of hydrogen-bond acceptors (Lipinski definition) is 7. The summed E-state index contributed by atoms with van der Waals surface area (Å²) in [4.78, 5) is 34.9.